The van der Waals surface area contributed by atoms with Crippen molar-refractivity contribution >= 4 is 40.5 Å². The summed E-state index contributed by atoms with van der Waals surface area (Å²) in [5.74, 6) is 0.802. The van der Waals surface area contributed by atoms with E-state index in [1.165, 1.54) is 27.2 Å². The summed E-state index contributed by atoms with van der Waals surface area (Å²) in [6.07, 6.45) is 5.66. The zero-order valence-electron chi connectivity index (χ0n) is 17.1. The average Bonchev–Trinajstić information content (AvgIpc) is 3.28. The second-order valence-electron chi connectivity index (χ2n) is 7.31. The highest BCUT2D eigenvalue weighted by Crippen LogP contribution is 2.32. The van der Waals surface area contributed by atoms with Crippen molar-refractivity contribution in [3.8, 4) is 0 Å². The van der Waals surface area contributed by atoms with Crippen LogP contribution >= 0.6 is 35.0 Å². The van der Waals surface area contributed by atoms with Crippen LogP contribution in [0.25, 0.3) is 5.57 Å². The molecule has 5 heteroatoms. The smallest absolute Gasteiger partial charge is 0.0948 e. The molecule has 156 valence electrons. The molecule has 0 saturated carbocycles. The minimum Gasteiger partial charge on any atom is -0.333 e. The van der Waals surface area contributed by atoms with Crippen LogP contribution in [0.2, 0.25) is 10.0 Å². The third-order valence-corrected chi connectivity index (χ3v) is 6.67. The second-order valence-corrected chi connectivity index (χ2v) is 9.20. The van der Waals surface area contributed by atoms with Gasteiger partial charge in [-0.2, -0.15) is 0 Å². The van der Waals surface area contributed by atoms with Gasteiger partial charge in [-0.15, -0.1) is 11.8 Å². The fourth-order valence-electron chi connectivity index (χ4n) is 3.52. The number of aromatic nitrogens is 2. The molecule has 0 atom stereocenters. The summed E-state index contributed by atoms with van der Waals surface area (Å²) in [4.78, 5) is 5.37. The highest BCUT2D eigenvalue weighted by Gasteiger charge is 2.10. The SMILES string of the molecule is CC(Cn1ccnc1)=C(c1ccccc1)c1ccc(SCc2ccc(Cl)cc2Cl)cc1. The standard InChI is InChI=1S/C26H22Cl2N2S/c1-19(16-30-14-13-29-18-30)26(20-5-3-2-4-6-20)21-8-11-24(12-9-21)31-17-22-7-10-23(27)15-25(22)28/h2-15,18H,16-17H2,1H3. The van der Waals surface area contributed by atoms with Crippen molar-refractivity contribution in [3.05, 3.63) is 124 Å². The van der Waals surface area contributed by atoms with E-state index in [1.54, 1.807) is 17.8 Å². The van der Waals surface area contributed by atoms with E-state index in [9.17, 15) is 0 Å². The number of hydrogen-bond acceptors (Lipinski definition) is 2. The number of allylic oxidation sites excluding steroid dienone is 1. The number of benzene rings is 3. The molecule has 0 radical (unpaired) electrons. The summed E-state index contributed by atoms with van der Waals surface area (Å²) in [7, 11) is 0. The highest BCUT2D eigenvalue weighted by molar-refractivity contribution is 7.98. The van der Waals surface area contributed by atoms with Gasteiger partial charge in [-0.25, -0.2) is 4.98 Å². The lowest BCUT2D eigenvalue weighted by molar-refractivity contribution is 0.784. The first-order chi connectivity index (χ1) is 15.1. The molecular weight excluding hydrogens is 443 g/mol. The molecule has 0 N–H and O–H groups in total. The largest absolute Gasteiger partial charge is 0.333 e. The average molecular weight is 465 g/mol. The van der Waals surface area contributed by atoms with Crippen LogP contribution < -0.4 is 0 Å². The Morgan fingerprint density at radius 3 is 2.35 bits per heavy atom. The van der Waals surface area contributed by atoms with Crippen molar-refractivity contribution in [1.82, 2.24) is 9.55 Å². The lowest BCUT2D eigenvalue weighted by atomic mass is 9.93. The molecule has 0 spiro atoms. The molecule has 0 unspecified atom stereocenters. The lowest BCUT2D eigenvalue weighted by Crippen LogP contribution is -2.00. The molecule has 31 heavy (non-hydrogen) atoms. The number of imidazole rings is 1. The van der Waals surface area contributed by atoms with Crippen molar-refractivity contribution in [2.45, 2.75) is 24.1 Å². The number of nitrogens with zero attached hydrogens (tertiary/aromatic N) is 2. The van der Waals surface area contributed by atoms with Gasteiger partial charge < -0.3 is 4.57 Å². The Balaban J connectivity index is 1.57. The first-order valence-electron chi connectivity index (χ1n) is 9.98. The topological polar surface area (TPSA) is 17.8 Å². The summed E-state index contributed by atoms with van der Waals surface area (Å²) < 4.78 is 2.10. The monoisotopic (exact) mass is 464 g/mol. The molecule has 0 saturated heterocycles. The van der Waals surface area contributed by atoms with E-state index in [2.05, 4.69) is 65.0 Å². The zero-order chi connectivity index (χ0) is 21.6. The normalized spacial score (nSPS) is 12.0. The molecule has 0 fully saturated rings. The Bertz CT molecular complexity index is 1170. The first-order valence-corrected chi connectivity index (χ1v) is 11.7. The summed E-state index contributed by atoms with van der Waals surface area (Å²) in [5.41, 5.74) is 6.05. The third-order valence-electron chi connectivity index (χ3n) is 5.02. The van der Waals surface area contributed by atoms with Crippen LogP contribution in [-0.2, 0) is 12.3 Å². The Morgan fingerprint density at radius 1 is 0.935 bits per heavy atom. The maximum atomic E-state index is 6.31. The molecule has 0 aliphatic heterocycles. The molecule has 2 nitrogen and oxygen atoms in total. The molecule has 4 aromatic rings. The predicted octanol–water partition coefficient (Wildman–Crippen LogP) is 8.00. The van der Waals surface area contributed by atoms with E-state index in [0.29, 0.717) is 10.0 Å². The van der Waals surface area contributed by atoms with Gasteiger partial charge in [0.25, 0.3) is 0 Å². The van der Waals surface area contributed by atoms with Gasteiger partial charge in [0.2, 0.25) is 0 Å². The van der Waals surface area contributed by atoms with Crippen LogP contribution in [0.3, 0.4) is 0 Å². The van der Waals surface area contributed by atoms with Gasteiger partial charge in [0.1, 0.15) is 0 Å². The van der Waals surface area contributed by atoms with E-state index in [4.69, 9.17) is 23.2 Å². The Kier molecular flexibility index (Phi) is 7.18. The van der Waals surface area contributed by atoms with Gasteiger partial charge in [0.05, 0.1) is 6.33 Å². The van der Waals surface area contributed by atoms with E-state index in [0.717, 1.165) is 17.9 Å². The Labute approximate surface area is 197 Å². The fraction of sp³-hybridized carbons (Fsp3) is 0.115. The van der Waals surface area contributed by atoms with Crippen molar-refractivity contribution in [2.24, 2.45) is 0 Å². The molecule has 0 aliphatic carbocycles. The summed E-state index contributed by atoms with van der Waals surface area (Å²) >= 11 is 14.1. The quantitative estimate of drug-likeness (QED) is 0.257. The predicted molar refractivity (Wildman–Crippen MR) is 133 cm³/mol. The third kappa shape index (κ3) is 5.62. The maximum Gasteiger partial charge on any atom is 0.0948 e. The van der Waals surface area contributed by atoms with E-state index in [-0.39, 0.29) is 0 Å². The number of rotatable bonds is 7. The molecule has 0 amide bonds. The minimum atomic E-state index is 0.661. The van der Waals surface area contributed by atoms with Gasteiger partial charge >= 0.3 is 0 Å². The van der Waals surface area contributed by atoms with Gasteiger partial charge in [-0.05, 0) is 59.0 Å². The van der Waals surface area contributed by atoms with Crippen molar-refractivity contribution < 1.29 is 0 Å². The van der Waals surface area contributed by atoms with E-state index in [1.807, 2.05) is 36.9 Å². The van der Waals surface area contributed by atoms with E-state index >= 15 is 0 Å². The molecule has 3 aromatic carbocycles. The fourth-order valence-corrected chi connectivity index (χ4v) is 4.97. The minimum absolute atomic E-state index is 0.661. The van der Waals surface area contributed by atoms with Crippen LogP contribution in [0.15, 0.2) is 102 Å². The van der Waals surface area contributed by atoms with E-state index < -0.39 is 0 Å². The lowest BCUT2D eigenvalue weighted by Gasteiger charge is -2.15. The number of thioether (sulfide) groups is 1. The first kappa shape index (κ1) is 21.8. The Morgan fingerprint density at radius 2 is 1.68 bits per heavy atom. The Hall–Kier alpha value is -2.46. The van der Waals surface area contributed by atoms with Gasteiger partial charge in [-0.3, -0.25) is 0 Å². The molecule has 1 aromatic heterocycles. The zero-order valence-corrected chi connectivity index (χ0v) is 19.5. The molecular formula is C26H22Cl2N2S. The van der Waals surface area contributed by atoms with Crippen LogP contribution in [-0.4, -0.2) is 9.55 Å². The summed E-state index contributed by atoms with van der Waals surface area (Å²) in [6, 6.07) is 25.0. The van der Waals surface area contributed by atoms with Crippen LogP contribution in [0, 0.1) is 0 Å². The van der Waals surface area contributed by atoms with Crippen LogP contribution in [0.4, 0.5) is 0 Å². The summed E-state index contributed by atoms with van der Waals surface area (Å²) in [6.45, 7) is 2.99. The summed E-state index contributed by atoms with van der Waals surface area (Å²) in [5, 5.41) is 1.37. The number of halogens is 2. The van der Waals surface area contributed by atoms with Crippen LogP contribution in [0.5, 0.6) is 0 Å². The molecule has 1 heterocycles. The second kappa shape index (κ2) is 10.2. The van der Waals surface area contributed by atoms with Crippen molar-refractivity contribution in [1.29, 1.82) is 0 Å². The molecule has 0 bridgehead atoms. The van der Waals surface area contributed by atoms with Gasteiger partial charge in [-0.1, -0.05) is 71.7 Å². The van der Waals surface area contributed by atoms with Crippen LogP contribution in [0.1, 0.15) is 23.6 Å². The van der Waals surface area contributed by atoms with Crippen molar-refractivity contribution in [3.63, 3.8) is 0 Å². The van der Waals surface area contributed by atoms with Crippen molar-refractivity contribution in [2.75, 3.05) is 0 Å². The number of hydrogen-bond donors (Lipinski definition) is 0. The molecule has 0 aliphatic rings. The van der Waals surface area contributed by atoms with Gasteiger partial charge in [0, 0.05) is 39.6 Å². The van der Waals surface area contributed by atoms with Gasteiger partial charge in [0.15, 0.2) is 0 Å². The highest BCUT2D eigenvalue weighted by atomic mass is 35.5. The molecule has 4 rings (SSSR count). The maximum absolute atomic E-state index is 6.31.